The Morgan fingerprint density at radius 3 is 2.47 bits per heavy atom. The van der Waals surface area contributed by atoms with Crippen LogP contribution < -0.4 is 5.32 Å². The Balaban J connectivity index is 3.63. The van der Waals surface area contributed by atoms with E-state index < -0.39 is 11.4 Å². The van der Waals surface area contributed by atoms with Crippen LogP contribution in [0.2, 0.25) is 0 Å². The van der Waals surface area contributed by atoms with Gasteiger partial charge in [-0.15, -0.1) is 0 Å². The third-order valence-electron chi connectivity index (χ3n) is 2.20. The number of carbonyl (C=O) groups is 2. The van der Waals surface area contributed by atoms with Gasteiger partial charge in [-0.2, -0.15) is 11.8 Å². The third-order valence-corrected chi connectivity index (χ3v) is 3.27. The van der Waals surface area contributed by atoms with Crippen LogP contribution in [-0.4, -0.2) is 46.7 Å². The predicted molar refractivity (Wildman–Crippen MR) is 68.1 cm³/mol. The minimum atomic E-state index is -1.02. The molecule has 0 saturated carbocycles. The molecule has 100 valence electrons. The molecule has 6 heteroatoms. The summed E-state index contributed by atoms with van der Waals surface area (Å²) >= 11 is 1.65. The summed E-state index contributed by atoms with van der Waals surface area (Å²) in [7, 11) is 0. The highest BCUT2D eigenvalue weighted by Gasteiger charge is 2.29. The van der Waals surface area contributed by atoms with Crippen molar-refractivity contribution in [1.82, 2.24) is 5.32 Å². The van der Waals surface area contributed by atoms with Crippen molar-refractivity contribution < 1.29 is 19.8 Å². The number of amides is 1. The lowest BCUT2D eigenvalue weighted by Crippen LogP contribution is -2.34. The van der Waals surface area contributed by atoms with E-state index in [1.165, 1.54) is 13.8 Å². The van der Waals surface area contributed by atoms with Crippen molar-refractivity contribution in [2.75, 3.05) is 24.7 Å². The first kappa shape index (κ1) is 16.2. The number of aliphatic hydroxyl groups is 1. The molecule has 0 aliphatic heterocycles. The van der Waals surface area contributed by atoms with Crippen LogP contribution in [0.4, 0.5) is 0 Å². The second-order valence-corrected chi connectivity index (χ2v) is 5.63. The van der Waals surface area contributed by atoms with Gasteiger partial charge in [0.15, 0.2) is 0 Å². The van der Waals surface area contributed by atoms with Crippen LogP contribution in [0.15, 0.2) is 0 Å². The lowest BCUT2D eigenvalue weighted by atomic mass is 9.89. The summed E-state index contributed by atoms with van der Waals surface area (Å²) in [5, 5.41) is 20.1. The van der Waals surface area contributed by atoms with Gasteiger partial charge in [0.25, 0.3) is 0 Å². The third kappa shape index (κ3) is 8.04. The van der Waals surface area contributed by atoms with Gasteiger partial charge in [-0.25, -0.2) is 0 Å². The standard InChI is InChI=1S/C11H21NO4S/c1-11(2,10(15)16)8-9(14)12-4-7-17-6-3-5-13/h13H,3-8H2,1-2H3,(H,12,14)(H,15,16). The molecule has 0 bridgehead atoms. The van der Waals surface area contributed by atoms with Gasteiger partial charge in [-0.3, -0.25) is 9.59 Å². The molecule has 0 aliphatic carbocycles. The molecule has 0 aromatic carbocycles. The lowest BCUT2D eigenvalue weighted by molar-refractivity contribution is -0.149. The van der Waals surface area contributed by atoms with Crippen molar-refractivity contribution >= 4 is 23.6 Å². The SMILES string of the molecule is CC(C)(CC(=O)NCCSCCCO)C(=O)O. The maximum Gasteiger partial charge on any atom is 0.309 e. The van der Waals surface area contributed by atoms with E-state index in [0.29, 0.717) is 6.54 Å². The molecule has 1 amide bonds. The fraction of sp³-hybridized carbons (Fsp3) is 0.818. The lowest BCUT2D eigenvalue weighted by Gasteiger charge is -2.18. The second-order valence-electron chi connectivity index (χ2n) is 4.41. The zero-order valence-corrected chi connectivity index (χ0v) is 11.2. The van der Waals surface area contributed by atoms with E-state index in [1.807, 2.05) is 0 Å². The average Bonchev–Trinajstić information content (AvgIpc) is 2.22. The first-order chi connectivity index (χ1) is 7.90. The van der Waals surface area contributed by atoms with E-state index in [4.69, 9.17) is 10.2 Å². The van der Waals surface area contributed by atoms with Crippen LogP contribution >= 0.6 is 11.8 Å². The number of aliphatic carboxylic acids is 1. The summed E-state index contributed by atoms with van der Waals surface area (Å²) in [5.74, 6) is 0.441. The number of nitrogens with one attached hydrogen (secondary N) is 1. The van der Waals surface area contributed by atoms with Crippen LogP contribution in [0, 0.1) is 5.41 Å². The Kier molecular flexibility index (Phi) is 7.99. The highest BCUT2D eigenvalue weighted by molar-refractivity contribution is 7.99. The molecular weight excluding hydrogens is 242 g/mol. The summed E-state index contributed by atoms with van der Waals surface area (Å²) in [4.78, 5) is 22.2. The van der Waals surface area contributed by atoms with E-state index >= 15 is 0 Å². The maximum absolute atomic E-state index is 11.4. The normalized spacial score (nSPS) is 11.2. The van der Waals surface area contributed by atoms with Crippen LogP contribution in [0.3, 0.4) is 0 Å². The quantitative estimate of drug-likeness (QED) is 0.534. The summed E-state index contributed by atoms with van der Waals surface area (Å²) < 4.78 is 0. The van der Waals surface area contributed by atoms with Gasteiger partial charge in [0, 0.05) is 25.3 Å². The van der Waals surface area contributed by atoms with Crippen LogP contribution in [-0.2, 0) is 9.59 Å². The first-order valence-corrected chi connectivity index (χ1v) is 6.74. The summed E-state index contributed by atoms with van der Waals surface area (Å²) in [6.45, 7) is 3.78. The largest absolute Gasteiger partial charge is 0.481 e. The highest BCUT2D eigenvalue weighted by atomic mass is 32.2. The molecular formula is C11H21NO4S. The molecule has 0 rings (SSSR count). The van der Waals surface area contributed by atoms with Gasteiger partial charge in [-0.05, 0) is 26.0 Å². The van der Waals surface area contributed by atoms with E-state index in [1.54, 1.807) is 11.8 Å². The van der Waals surface area contributed by atoms with Gasteiger partial charge in [0.2, 0.25) is 5.91 Å². The molecule has 0 atom stereocenters. The Labute approximate surface area is 106 Å². The number of hydrogen-bond acceptors (Lipinski definition) is 4. The molecule has 0 fully saturated rings. The molecule has 17 heavy (non-hydrogen) atoms. The fourth-order valence-corrected chi connectivity index (χ4v) is 1.85. The van der Waals surface area contributed by atoms with Crippen LogP contribution in [0.5, 0.6) is 0 Å². The van der Waals surface area contributed by atoms with Crippen LogP contribution in [0.1, 0.15) is 26.7 Å². The van der Waals surface area contributed by atoms with Gasteiger partial charge >= 0.3 is 5.97 Å². The Bertz CT molecular complexity index is 256. The zero-order chi connectivity index (χ0) is 13.3. The molecule has 0 unspecified atom stereocenters. The number of thioether (sulfide) groups is 1. The maximum atomic E-state index is 11.4. The molecule has 3 N–H and O–H groups in total. The minimum absolute atomic E-state index is 0.0103. The second kappa shape index (κ2) is 8.36. The van der Waals surface area contributed by atoms with Crippen molar-refractivity contribution in [3.05, 3.63) is 0 Å². The molecule has 0 spiro atoms. The average molecular weight is 263 g/mol. The Hall–Kier alpha value is -0.750. The predicted octanol–water partition coefficient (Wildman–Crippen LogP) is 0.719. The van der Waals surface area contributed by atoms with Gasteiger partial charge in [0.1, 0.15) is 0 Å². The van der Waals surface area contributed by atoms with Crippen molar-refractivity contribution in [3.8, 4) is 0 Å². The molecule has 0 heterocycles. The van der Waals surface area contributed by atoms with Crippen molar-refractivity contribution in [2.24, 2.45) is 5.41 Å². The molecule has 0 radical (unpaired) electrons. The van der Waals surface area contributed by atoms with Crippen molar-refractivity contribution in [2.45, 2.75) is 26.7 Å². The number of aliphatic hydroxyl groups excluding tert-OH is 1. The Morgan fingerprint density at radius 1 is 1.29 bits per heavy atom. The number of hydrogen-bond donors (Lipinski definition) is 3. The molecule has 0 aromatic rings. The number of rotatable bonds is 9. The van der Waals surface area contributed by atoms with E-state index in [9.17, 15) is 9.59 Å². The fourth-order valence-electron chi connectivity index (χ4n) is 1.07. The van der Waals surface area contributed by atoms with E-state index in [0.717, 1.165) is 17.9 Å². The van der Waals surface area contributed by atoms with Gasteiger partial charge in [-0.1, -0.05) is 0 Å². The monoisotopic (exact) mass is 263 g/mol. The van der Waals surface area contributed by atoms with Crippen molar-refractivity contribution in [3.63, 3.8) is 0 Å². The topological polar surface area (TPSA) is 86.6 Å². The van der Waals surface area contributed by atoms with Crippen LogP contribution in [0.25, 0.3) is 0 Å². The van der Waals surface area contributed by atoms with E-state index in [-0.39, 0.29) is 18.9 Å². The summed E-state index contributed by atoms with van der Waals surface area (Å²) in [6, 6.07) is 0. The zero-order valence-electron chi connectivity index (χ0n) is 10.4. The Morgan fingerprint density at radius 2 is 1.94 bits per heavy atom. The molecule has 0 saturated heterocycles. The highest BCUT2D eigenvalue weighted by Crippen LogP contribution is 2.19. The van der Waals surface area contributed by atoms with E-state index in [2.05, 4.69) is 5.32 Å². The van der Waals surface area contributed by atoms with Crippen molar-refractivity contribution in [1.29, 1.82) is 0 Å². The first-order valence-electron chi connectivity index (χ1n) is 5.59. The number of carboxylic acids is 1. The van der Waals surface area contributed by atoms with Gasteiger partial charge in [0.05, 0.1) is 5.41 Å². The summed E-state index contributed by atoms with van der Waals surface area (Å²) in [6.07, 6.45) is 0.744. The summed E-state index contributed by atoms with van der Waals surface area (Å²) in [5.41, 5.74) is -1.02. The number of carboxylic acid groups (broad SMARTS) is 1. The minimum Gasteiger partial charge on any atom is -0.481 e. The van der Waals surface area contributed by atoms with Gasteiger partial charge < -0.3 is 15.5 Å². The molecule has 0 aliphatic rings. The smallest absolute Gasteiger partial charge is 0.309 e. The molecule has 0 aromatic heterocycles. The molecule has 5 nitrogen and oxygen atoms in total. The number of carbonyl (C=O) groups excluding carboxylic acids is 1.